The molecule has 0 fully saturated rings. The lowest BCUT2D eigenvalue weighted by Gasteiger charge is -2.11. The van der Waals surface area contributed by atoms with Crippen molar-refractivity contribution in [2.24, 2.45) is 0 Å². The van der Waals surface area contributed by atoms with Gasteiger partial charge >= 0.3 is 0 Å². The van der Waals surface area contributed by atoms with E-state index in [1.165, 1.54) is 58.4 Å². The third kappa shape index (κ3) is 4.91. The number of fused-ring (bicyclic) bond motifs is 10. The predicted molar refractivity (Wildman–Crippen MR) is 238 cm³/mol. The summed E-state index contributed by atoms with van der Waals surface area (Å²) >= 11 is 1.87. The zero-order chi connectivity index (χ0) is 37.5. The number of aromatic nitrogens is 5. The largest absolute Gasteiger partial charge is 0.309 e. The van der Waals surface area contributed by atoms with Crippen LogP contribution in [-0.2, 0) is 0 Å². The van der Waals surface area contributed by atoms with Crippen LogP contribution in [0.2, 0.25) is 0 Å². The summed E-state index contributed by atoms with van der Waals surface area (Å²) in [5, 5.41) is 7.59. The second kappa shape index (κ2) is 12.6. The molecular formula is C51H31N5S. The molecule has 0 aliphatic heterocycles. The molecule has 57 heavy (non-hydrogen) atoms. The molecule has 6 heteroatoms. The summed E-state index contributed by atoms with van der Waals surface area (Å²) < 4.78 is 7.48. The van der Waals surface area contributed by atoms with Gasteiger partial charge in [-0.1, -0.05) is 127 Å². The van der Waals surface area contributed by atoms with Crippen LogP contribution in [0.4, 0.5) is 0 Å². The highest BCUT2D eigenvalue weighted by molar-refractivity contribution is 7.26. The molecule has 0 radical (unpaired) electrons. The molecule has 4 aromatic heterocycles. The predicted octanol–water partition coefficient (Wildman–Crippen LogP) is 13.4. The van der Waals surface area contributed by atoms with Crippen LogP contribution in [0.15, 0.2) is 188 Å². The van der Waals surface area contributed by atoms with Crippen LogP contribution in [0.5, 0.6) is 0 Å². The first-order valence-corrected chi connectivity index (χ1v) is 19.9. The van der Waals surface area contributed by atoms with Gasteiger partial charge in [0.1, 0.15) is 0 Å². The van der Waals surface area contributed by atoms with E-state index in [2.05, 4.69) is 137 Å². The average molecular weight is 746 g/mol. The van der Waals surface area contributed by atoms with Crippen LogP contribution in [0.25, 0.3) is 109 Å². The molecule has 0 bridgehead atoms. The highest BCUT2D eigenvalue weighted by Gasteiger charge is 2.22. The van der Waals surface area contributed by atoms with Gasteiger partial charge in [-0.2, -0.15) is 0 Å². The molecule has 12 rings (SSSR count). The summed E-state index contributed by atoms with van der Waals surface area (Å²) in [6.45, 7) is 0. The Balaban J connectivity index is 1.06. The van der Waals surface area contributed by atoms with Crippen molar-refractivity contribution < 1.29 is 0 Å². The fourth-order valence-corrected chi connectivity index (χ4v) is 9.87. The smallest absolute Gasteiger partial charge is 0.164 e. The van der Waals surface area contributed by atoms with Crippen molar-refractivity contribution in [1.82, 2.24) is 24.1 Å². The Morgan fingerprint density at radius 3 is 1.42 bits per heavy atom. The topological polar surface area (TPSA) is 48.5 Å². The molecule has 5 nitrogen and oxygen atoms in total. The zero-order valence-corrected chi connectivity index (χ0v) is 31.4. The van der Waals surface area contributed by atoms with Gasteiger partial charge in [0.15, 0.2) is 17.5 Å². The standard InChI is InChI=1S/C51H31N5S/c1-3-14-32(15-4-1)49-52-50(33-16-5-2-6-17-33)54-51(53-49)34-26-28-35(29-27-34)55-40-22-10-7-19-38(40)46-42(55)30-31-43-47(46)39-20-8-11-23-41(39)56(43)44-24-13-21-37-36-18-9-12-25-45(36)57-48(37)44/h1-31H. The highest BCUT2D eigenvalue weighted by atomic mass is 32.1. The zero-order valence-electron chi connectivity index (χ0n) is 30.5. The van der Waals surface area contributed by atoms with Crippen LogP contribution in [0, 0.1) is 0 Å². The molecule has 12 aromatic rings. The summed E-state index contributed by atoms with van der Waals surface area (Å²) in [6, 6.07) is 66.6. The number of thiophene rings is 1. The molecular weight excluding hydrogens is 715 g/mol. The molecule has 8 aromatic carbocycles. The molecule has 4 heterocycles. The first kappa shape index (κ1) is 31.9. The maximum Gasteiger partial charge on any atom is 0.164 e. The Bertz CT molecular complexity index is 3450. The Hall–Kier alpha value is -7.41. The van der Waals surface area contributed by atoms with Gasteiger partial charge in [-0.15, -0.1) is 11.3 Å². The maximum absolute atomic E-state index is 4.98. The van der Waals surface area contributed by atoms with Gasteiger partial charge in [0.05, 0.1) is 32.5 Å². The van der Waals surface area contributed by atoms with Crippen LogP contribution >= 0.6 is 11.3 Å². The Morgan fingerprint density at radius 2 is 0.807 bits per heavy atom. The molecule has 0 N–H and O–H groups in total. The van der Waals surface area contributed by atoms with Crippen molar-refractivity contribution in [3.63, 3.8) is 0 Å². The van der Waals surface area contributed by atoms with Crippen molar-refractivity contribution in [3.8, 4) is 45.5 Å². The van der Waals surface area contributed by atoms with E-state index in [-0.39, 0.29) is 0 Å². The highest BCUT2D eigenvalue weighted by Crippen LogP contribution is 2.45. The summed E-state index contributed by atoms with van der Waals surface area (Å²) in [7, 11) is 0. The third-order valence-electron chi connectivity index (χ3n) is 11.2. The van der Waals surface area contributed by atoms with Gasteiger partial charge in [-0.3, -0.25) is 0 Å². The van der Waals surface area contributed by atoms with E-state index in [1.807, 2.05) is 72.0 Å². The molecule has 0 amide bonds. The second-order valence-corrected chi connectivity index (χ2v) is 15.4. The van der Waals surface area contributed by atoms with Gasteiger partial charge < -0.3 is 9.13 Å². The van der Waals surface area contributed by atoms with Crippen molar-refractivity contribution in [1.29, 1.82) is 0 Å². The van der Waals surface area contributed by atoms with Gasteiger partial charge in [-0.05, 0) is 60.7 Å². The van der Waals surface area contributed by atoms with E-state index < -0.39 is 0 Å². The lowest BCUT2D eigenvalue weighted by atomic mass is 10.1. The second-order valence-electron chi connectivity index (χ2n) is 14.4. The fourth-order valence-electron chi connectivity index (χ4n) is 8.66. The summed E-state index contributed by atoms with van der Waals surface area (Å²) in [5.41, 5.74) is 9.84. The minimum Gasteiger partial charge on any atom is -0.309 e. The SMILES string of the molecule is c1ccc(-c2nc(-c3ccccc3)nc(-c3ccc(-n4c5ccccc5c5c6c7ccccc7n(-c7cccc8c7sc7ccccc78)c6ccc54)cc3)n2)cc1. The number of para-hydroxylation sites is 2. The molecule has 266 valence electrons. The number of rotatable bonds is 5. The Kier molecular flexibility index (Phi) is 7.03. The van der Waals surface area contributed by atoms with E-state index in [0.717, 1.165) is 33.4 Å². The molecule has 0 saturated carbocycles. The van der Waals surface area contributed by atoms with Crippen molar-refractivity contribution in [2.45, 2.75) is 0 Å². The van der Waals surface area contributed by atoms with E-state index in [9.17, 15) is 0 Å². The number of hydrogen-bond donors (Lipinski definition) is 0. The molecule has 0 aliphatic rings. The summed E-state index contributed by atoms with van der Waals surface area (Å²) in [5.74, 6) is 1.94. The quantitative estimate of drug-likeness (QED) is 0.176. The minimum atomic E-state index is 0.639. The lowest BCUT2D eigenvalue weighted by molar-refractivity contribution is 1.07. The van der Waals surface area contributed by atoms with Crippen LogP contribution in [0.1, 0.15) is 0 Å². The third-order valence-corrected chi connectivity index (χ3v) is 12.4. The maximum atomic E-state index is 4.98. The van der Waals surface area contributed by atoms with Crippen molar-refractivity contribution in [3.05, 3.63) is 188 Å². The Morgan fingerprint density at radius 1 is 0.333 bits per heavy atom. The van der Waals surface area contributed by atoms with Crippen LogP contribution in [0.3, 0.4) is 0 Å². The van der Waals surface area contributed by atoms with E-state index in [1.54, 1.807) is 0 Å². The molecule has 0 unspecified atom stereocenters. The van der Waals surface area contributed by atoms with Gasteiger partial charge in [0, 0.05) is 59.4 Å². The number of nitrogens with zero attached hydrogens (tertiary/aromatic N) is 5. The van der Waals surface area contributed by atoms with Crippen LogP contribution < -0.4 is 0 Å². The first-order valence-electron chi connectivity index (χ1n) is 19.1. The van der Waals surface area contributed by atoms with Crippen molar-refractivity contribution in [2.75, 3.05) is 0 Å². The van der Waals surface area contributed by atoms with Gasteiger partial charge in [0.2, 0.25) is 0 Å². The van der Waals surface area contributed by atoms with E-state index >= 15 is 0 Å². The molecule has 0 spiro atoms. The average Bonchev–Trinajstić information content (AvgIpc) is 3.95. The summed E-state index contributed by atoms with van der Waals surface area (Å²) in [4.78, 5) is 14.9. The summed E-state index contributed by atoms with van der Waals surface area (Å²) in [6.07, 6.45) is 0. The van der Waals surface area contributed by atoms with Gasteiger partial charge in [-0.25, -0.2) is 15.0 Å². The number of hydrogen-bond acceptors (Lipinski definition) is 4. The first-order chi connectivity index (χ1) is 28.3. The van der Waals surface area contributed by atoms with E-state index in [4.69, 9.17) is 15.0 Å². The lowest BCUT2D eigenvalue weighted by Crippen LogP contribution is -2.00. The fraction of sp³-hybridized carbons (Fsp3) is 0. The van der Waals surface area contributed by atoms with Crippen LogP contribution in [-0.4, -0.2) is 24.1 Å². The van der Waals surface area contributed by atoms with E-state index in [0.29, 0.717) is 17.5 Å². The molecule has 0 aliphatic carbocycles. The Labute approximate surface area is 331 Å². The van der Waals surface area contributed by atoms with Gasteiger partial charge in [0.25, 0.3) is 0 Å². The number of benzene rings is 8. The van der Waals surface area contributed by atoms with Crippen molar-refractivity contribution >= 4 is 75.1 Å². The normalized spacial score (nSPS) is 11.9. The monoisotopic (exact) mass is 745 g/mol. The minimum absolute atomic E-state index is 0.639. The molecule has 0 atom stereocenters. The molecule has 0 saturated heterocycles.